The largest absolute Gasteiger partial charge is 0.376 e. The van der Waals surface area contributed by atoms with Crippen LogP contribution in [-0.2, 0) is 14.8 Å². The number of aromatic nitrogens is 1. The van der Waals surface area contributed by atoms with E-state index in [1.165, 1.54) is 18.3 Å². The summed E-state index contributed by atoms with van der Waals surface area (Å²) < 4.78 is 32.9. The van der Waals surface area contributed by atoms with E-state index in [0.717, 1.165) is 19.4 Å². The third-order valence-corrected chi connectivity index (χ3v) is 5.79. The minimum atomic E-state index is -3.68. The van der Waals surface area contributed by atoms with Gasteiger partial charge in [-0.25, -0.2) is 13.4 Å². The Bertz CT molecular complexity index is 835. The lowest BCUT2D eigenvalue weighted by atomic mass is 10.2. The molecule has 1 aliphatic rings. The number of pyridine rings is 1. The van der Waals surface area contributed by atoms with Gasteiger partial charge in [-0.1, -0.05) is 11.6 Å². The first-order valence-corrected chi connectivity index (χ1v) is 9.91. The highest BCUT2D eigenvalue weighted by molar-refractivity contribution is 7.92. The lowest BCUT2D eigenvalue weighted by Crippen LogP contribution is -2.19. The van der Waals surface area contributed by atoms with Crippen LogP contribution in [0.15, 0.2) is 41.4 Å². The van der Waals surface area contributed by atoms with Crippen molar-refractivity contribution in [2.45, 2.75) is 30.8 Å². The van der Waals surface area contributed by atoms with Crippen molar-refractivity contribution in [3.05, 3.63) is 47.1 Å². The van der Waals surface area contributed by atoms with Crippen molar-refractivity contribution in [3.8, 4) is 0 Å². The summed E-state index contributed by atoms with van der Waals surface area (Å²) in [7, 11) is -3.68. The number of hydrogen-bond donors (Lipinski definition) is 2. The van der Waals surface area contributed by atoms with Crippen molar-refractivity contribution in [1.82, 2.24) is 4.98 Å². The number of rotatable bonds is 6. The van der Waals surface area contributed by atoms with Crippen LogP contribution in [0.4, 0.5) is 11.5 Å². The van der Waals surface area contributed by atoms with Crippen molar-refractivity contribution >= 4 is 33.1 Å². The number of aryl methyl sites for hydroxylation is 1. The van der Waals surface area contributed by atoms with E-state index in [-0.39, 0.29) is 11.0 Å². The Kier molecular flexibility index (Phi) is 5.46. The van der Waals surface area contributed by atoms with Gasteiger partial charge in [0.1, 0.15) is 5.82 Å². The number of nitrogens with zero attached hydrogens (tertiary/aromatic N) is 1. The quantitative estimate of drug-likeness (QED) is 0.801. The number of anilines is 2. The zero-order chi connectivity index (χ0) is 17.9. The van der Waals surface area contributed by atoms with Crippen LogP contribution >= 0.6 is 11.6 Å². The summed E-state index contributed by atoms with van der Waals surface area (Å²) >= 11 is 5.94. The second kappa shape index (κ2) is 7.59. The van der Waals surface area contributed by atoms with Crippen LogP contribution in [0.2, 0.25) is 5.02 Å². The molecular weight excluding hydrogens is 362 g/mol. The second-order valence-corrected chi connectivity index (χ2v) is 8.05. The van der Waals surface area contributed by atoms with E-state index in [4.69, 9.17) is 16.3 Å². The van der Waals surface area contributed by atoms with Crippen LogP contribution in [0, 0.1) is 6.92 Å². The van der Waals surface area contributed by atoms with Crippen LogP contribution in [-0.4, -0.2) is 32.7 Å². The molecule has 2 aromatic rings. The van der Waals surface area contributed by atoms with E-state index in [9.17, 15) is 8.42 Å². The lowest BCUT2D eigenvalue weighted by molar-refractivity contribution is 0.120. The first-order chi connectivity index (χ1) is 11.9. The van der Waals surface area contributed by atoms with Gasteiger partial charge in [-0.3, -0.25) is 4.72 Å². The summed E-state index contributed by atoms with van der Waals surface area (Å²) in [6, 6.07) is 7.99. The number of benzene rings is 1. The van der Waals surface area contributed by atoms with Crippen LogP contribution < -0.4 is 10.0 Å². The first kappa shape index (κ1) is 18.0. The average Bonchev–Trinajstić information content (AvgIpc) is 3.10. The molecule has 1 unspecified atom stereocenters. The maximum atomic E-state index is 12.4. The van der Waals surface area contributed by atoms with Gasteiger partial charge in [0.05, 0.1) is 22.9 Å². The molecule has 2 N–H and O–H groups in total. The normalized spacial score (nSPS) is 17.4. The third kappa shape index (κ3) is 4.62. The second-order valence-electron chi connectivity index (χ2n) is 5.96. The molecular formula is C17H20ClN3O3S. The average molecular weight is 382 g/mol. The van der Waals surface area contributed by atoms with E-state index >= 15 is 0 Å². The van der Waals surface area contributed by atoms with Crippen molar-refractivity contribution < 1.29 is 13.2 Å². The summed E-state index contributed by atoms with van der Waals surface area (Å²) in [5.74, 6) is 0.681. The maximum absolute atomic E-state index is 12.4. The fraction of sp³-hybridized carbons (Fsp3) is 0.353. The Labute approximate surface area is 152 Å². The van der Waals surface area contributed by atoms with Gasteiger partial charge in [-0.15, -0.1) is 0 Å². The Balaban J connectivity index is 1.64. The highest BCUT2D eigenvalue weighted by Crippen LogP contribution is 2.22. The molecule has 25 heavy (non-hydrogen) atoms. The van der Waals surface area contributed by atoms with Gasteiger partial charge in [0.2, 0.25) is 0 Å². The van der Waals surface area contributed by atoms with E-state index in [1.807, 2.05) is 0 Å². The molecule has 3 rings (SSSR count). The zero-order valence-corrected chi connectivity index (χ0v) is 15.4. The van der Waals surface area contributed by atoms with Crippen molar-refractivity contribution in [2.75, 3.05) is 23.2 Å². The third-order valence-electron chi connectivity index (χ3n) is 3.99. The van der Waals surface area contributed by atoms with E-state index in [1.54, 1.807) is 25.1 Å². The maximum Gasteiger partial charge on any atom is 0.261 e. The molecule has 8 heteroatoms. The van der Waals surface area contributed by atoms with Crippen molar-refractivity contribution in [1.29, 1.82) is 0 Å². The monoisotopic (exact) mass is 381 g/mol. The Morgan fingerprint density at radius 1 is 1.32 bits per heavy atom. The number of nitrogens with one attached hydrogen (secondary N) is 2. The van der Waals surface area contributed by atoms with E-state index < -0.39 is 10.0 Å². The molecule has 1 atom stereocenters. The molecule has 0 spiro atoms. The van der Waals surface area contributed by atoms with Gasteiger partial charge in [0.15, 0.2) is 0 Å². The molecule has 1 saturated heterocycles. The summed E-state index contributed by atoms with van der Waals surface area (Å²) in [5.41, 5.74) is 1.10. The van der Waals surface area contributed by atoms with Gasteiger partial charge < -0.3 is 10.1 Å². The minimum absolute atomic E-state index is 0.162. The van der Waals surface area contributed by atoms with Gasteiger partial charge in [-0.05, 0) is 55.7 Å². The lowest BCUT2D eigenvalue weighted by Gasteiger charge is -2.12. The fourth-order valence-corrected chi connectivity index (χ4v) is 3.83. The molecule has 1 aliphatic heterocycles. The molecule has 0 radical (unpaired) electrons. The van der Waals surface area contributed by atoms with E-state index in [0.29, 0.717) is 28.6 Å². The Morgan fingerprint density at radius 3 is 2.80 bits per heavy atom. The number of ether oxygens (including phenoxy) is 1. The number of hydrogen-bond acceptors (Lipinski definition) is 5. The SMILES string of the molecule is Cc1cc(S(=O)(=O)Nc2ccc(NCC3CCCO3)nc2)ccc1Cl. The Morgan fingerprint density at radius 2 is 2.16 bits per heavy atom. The van der Waals surface area contributed by atoms with Crippen LogP contribution in [0.3, 0.4) is 0 Å². The van der Waals surface area contributed by atoms with Gasteiger partial charge >= 0.3 is 0 Å². The van der Waals surface area contributed by atoms with Crippen molar-refractivity contribution in [3.63, 3.8) is 0 Å². The highest BCUT2D eigenvalue weighted by Gasteiger charge is 2.16. The summed E-state index contributed by atoms with van der Waals surface area (Å²) in [6.45, 7) is 3.27. The van der Waals surface area contributed by atoms with Crippen LogP contribution in [0.1, 0.15) is 18.4 Å². The number of halogens is 1. The molecule has 2 heterocycles. The molecule has 1 aromatic carbocycles. The first-order valence-electron chi connectivity index (χ1n) is 8.04. The Hall–Kier alpha value is -1.83. The van der Waals surface area contributed by atoms with Crippen molar-refractivity contribution in [2.24, 2.45) is 0 Å². The topological polar surface area (TPSA) is 80.3 Å². The smallest absolute Gasteiger partial charge is 0.261 e. The molecule has 0 saturated carbocycles. The summed E-state index contributed by atoms with van der Waals surface area (Å²) in [4.78, 5) is 4.40. The highest BCUT2D eigenvalue weighted by atomic mass is 35.5. The van der Waals surface area contributed by atoms with Gasteiger partial charge in [0.25, 0.3) is 10.0 Å². The predicted molar refractivity (Wildman–Crippen MR) is 98.7 cm³/mol. The molecule has 0 aliphatic carbocycles. The fourth-order valence-electron chi connectivity index (χ4n) is 2.58. The standard InChI is InChI=1S/C17H20ClN3O3S/c1-12-9-15(5-6-16(12)18)25(22,23)21-13-4-7-17(19-10-13)20-11-14-3-2-8-24-14/h4-7,9-10,14,21H,2-3,8,11H2,1H3,(H,19,20). The summed E-state index contributed by atoms with van der Waals surface area (Å²) in [5, 5.41) is 3.72. The minimum Gasteiger partial charge on any atom is -0.376 e. The summed E-state index contributed by atoms with van der Waals surface area (Å²) in [6.07, 6.45) is 3.84. The van der Waals surface area contributed by atoms with E-state index in [2.05, 4.69) is 15.0 Å². The molecule has 1 fully saturated rings. The number of sulfonamides is 1. The zero-order valence-electron chi connectivity index (χ0n) is 13.8. The van der Waals surface area contributed by atoms with Gasteiger partial charge in [-0.2, -0.15) is 0 Å². The molecule has 0 amide bonds. The molecule has 0 bridgehead atoms. The van der Waals surface area contributed by atoms with Crippen LogP contribution in [0.5, 0.6) is 0 Å². The van der Waals surface area contributed by atoms with Crippen LogP contribution in [0.25, 0.3) is 0 Å². The molecule has 6 nitrogen and oxygen atoms in total. The molecule has 134 valence electrons. The predicted octanol–water partition coefficient (Wildman–Crippen LogP) is 3.44. The van der Waals surface area contributed by atoms with Gasteiger partial charge in [0, 0.05) is 18.2 Å². The molecule has 1 aromatic heterocycles.